The first kappa shape index (κ1) is 19.5. The van der Waals surface area contributed by atoms with Crippen LogP contribution in [0, 0.1) is 0 Å². The van der Waals surface area contributed by atoms with E-state index in [0.29, 0.717) is 11.4 Å². The van der Waals surface area contributed by atoms with Gasteiger partial charge in [-0.05, 0) is 30.3 Å². The van der Waals surface area contributed by atoms with Gasteiger partial charge in [-0.2, -0.15) is 0 Å². The molecule has 3 rings (SSSR count). The second-order valence-corrected chi connectivity index (χ2v) is 5.74. The fourth-order valence-electron chi connectivity index (χ4n) is 2.38. The van der Waals surface area contributed by atoms with Gasteiger partial charge in [0.05, 0.1) is 18.4 Å². The second kappa shape index (κ2) is 8.65. The molecule has 0 radical (unpaired) electrons. The van der Waals surface area contributed by atoms with E-state index in [9.17, 15) is 14.4 Å². The number of ether oxygens (including phenoxy) is 2. The highest BCUT2D eigenvalue weighted by Crippen LogP contribution is 2.15. The van der Waals surface area contributed by atoms with Gasteiger partial charge in [0.15, 0.2) is 18.1 Å². The largest absolute Gasteiger partial charge is 0.484 e. The lowest BCUT2D eigenvalue weighted by atomic mass is 10.2. The maximum atomic E-state index is 12.2. The fraction of sp³-hybridized carbons (Fsp3) is 0.105. The van der Waals surface area contributed by atoms with Crippen LogP contribution in [0.5, 0.6) is 5.75 Å². The SMILES string of the molecule is COC(=O)c1cccc(OCC(=O)Nc2nn(-c3ccccc3)nc2C(N)=O)c1. The van der Waals surface area contributed by atoms with Gasteiger partial charge in [0.25, 0.3) is 11.8 Å². The van der Waals surface area contributed by atoms with E-state index in [1.165, 1.54) is 18.0 Å². The van der Waals surface area contributed by atoms with Crippen molar-refractivity contribution in [2.45, 2.75) is 0 Å². The molecule has 2 amide bonds. The molecule has 0 aliphatic heterocycles. The number of rotatable bonds is 7. The predicted molar refractivity (Wildman–Crippen MR) is 102 cm³/mol. The molecule has 1 aromatic heterocycles. The number of methoxy groups -OCH3 is 1. The van der Waals surface area contributed by atoms with Gasteiger partial charge in [-0.3, -0.25) is 9.59 Å². The number of para-hydroxylation sites is 1. The maximum absolute atomic E-state index is 12.2. The van der Waals surface area contributed by atoms with E-state index in [4.69, 9.17) is 10.5 Å². The van der Waals surface area contributed by atoms with Crippen LogP contribution in [0.2, 0.25) is 0 Å². The molecule has 0 fully saturated rings. The Bertz CT molecular complexity index is 1050. The first-order valence-corrected chi connectivity index (χ1v) is 8.41. The molecule has 0 aliphatic carbocycles. The standard InChI is InChI=1S/C19H17N5O5/c1-28-19(27)12-6-5-9-14(10-12)29-11-15(25)21-18-16(17(20)26)22-24(23-18)13-7-3-2-4-8-13/h2-10H,11H2,1H3,(H2,20,26)(H,21,23,25). The van der Waals surface area contributed by atoms with Crippen molar-refractivity contribution < 1.29 is 23.9 Å². The Morgan fingerprint density at radius 1 is 1.07 bits per heavy atom. The van der Waals surface area contributed by atoms with Crippen LogP contribution in [-0.2, 0) is 9.53 Å². The van der Waals surface area contributed by atoms with Crippen LogP contribution >= 0.6 is 0 Å². The van der Waals surface area contributed by atoms with Crippen LogP contribution in [0.15, 0.2) is 54.6 Å². The zero-order valence-corrected chi connectivity index (χ0v) is 15.4. The highest BCUT2D eigenvalue weighted by Gasteiger charge is 2.19. The Balaban J connectivity index is 1.70. The average Bonchev–Trinajstić information content (AvgIpc) is 3.16. The van der Waals surface area contributed by atoms with Crippen molar-refractivity contribution in [3.05, 3.63) is 65.9 Å². The molecule has 10 nitrogen and oxygen atoms in total. The average molecular weight is 395 g/mol. The van der Waals surface area contributed by atoms with Crippen LogP contribution in [-0.4, -0.2) is 46.5 Å². The molecule has 0 saturated heterocycles. The van der Waals surface area contributed by atoms with Gasteiger partial charge >= 0.3 is 5.97 Å². The summed E-state index contributed by atoms with van der Waals surface area (Å²) in [6.45, 7) is -0.388. The van der Waals surface area contributed by atoms with E-state index in [2.05, 4.69) is 20.3 Å². The van der Waals surface area contributed by atoms with Crippen LogP contribution in [0.25, 0.3) is 5.69 Å². The minimum atomic E-state index is -0.839. The molecule has 0 bridgehead atoms. The van der Waals surface area contributed by atoms with E-state index < -0.39 is 17.8 Å². The molecule has 0 atom stereocenters. The summed E-state index contributed by atoms with van der Waals surface area (Å²) in [5.74, 6) is -1.74. The number of aromatic nitrogens is 3. The second-order valence-electron chi connectivity index (χ2n) is 5.74. The third kappa shape index (κ3) is 4.75. The number of anilines is 1. The summed E-state index contributed by atoms with van der Waals surface area (Å²) in [6.07, 6.45) is 0. The van der Waals surface area contributed by atoms with E-state index in [0.717, 1.165) is 0 Å². The van der Waals surface area contributed by atoms with E-state index in [-0.39, 0.29) is 23.7 Å². The Kier molecular flexibility index (Phi) is 5.83. The summed E-state index contributed by atoms with van der Waals surface area (Å²) in [5.41, 5.74) is 6.01. The molecule has 0 saturated carbocycles. The molecule has 0 aliphatic rings. The first-order chi connectivity index (χ1) is 14.0. The van der Waals surface area contributed by atoms with Gasteiger partial charge < -0.3 is 20.5 Å². The van der Waals surface area contributed by atoms with Gasteiger partial charge in [-0.25, -0.2) is 4.79 Å². The number of primary amides is 1. The summed E-state index contributed by atoms with van der Waals surface area (Å²) in [4.78, 5) is 36.6. The number of nitrogens with one attached hydrogen (secondary N) is 1. The highest BCUT2D eigenvalue weighted by molar-refractivity contribution is 6.00. The minimum absolute atomic E-state index is 0.0849. The topological polar surface area (TPSA) is 138 Å². The smallest absolute Gasteiger partial charge is 0.337 e. The Labute approximate surface area is 165 Å². The van der Waals surface area contributed by atoms with Crippen LogP contribution in [0.4, 0.5) is 5.82 Å². The number of benzene rings is 2. The van der Waals surface area contributed by atoms with Crippen molar-refractivity contribution in [2.24, 2.45) is 5.73 Å². The van der Waals surface area contributed by atoms with Gasteiger partial charge in [-0.1, -0.05) is 24.3 Å². The zero-order chi connectivity index (χ0) is 20.8. The van der Waals surface area contributed by atoms with Crippen molar-refractivity contribution in [1.29, 1.82) is 0 Å². The Morgan fingerprint density at radius 2 is 1.83 bits per heavy atom. The molecular weight excluding hydrogens is 378 g/mol. The number of nitrogens with zero attached hydrogens (tertiary/aromatic N) is 3. The summed E-state index contributed by atoms with van der Waals surface area (Å²) in [6, 6.07) is 15.0. The molecule has 0 unspecified atom stereocenters. The molecule has 0 spiro atoms. The van der Waals surface area contributed by atoms with E-state index in [1.54, 1.807) is 42.5 Å². The third-order valence-corrected chi connectivity index (χ3v) is 3.72. The number of hydrogen-bond acceptors (Lipinski definition) is 7. The molecule has 10 heteroatoms. The normalized spacial score (nSPS) is 10.2. The van der Waals surface area contributed by atoms with Crippen molar-refractivity contribution in [3.63, 3.8) is 0 Å². The lowest BCUT2D eigenvalue weighted by Gasteiger charge is -2.07. The summed E-state index contributed by atoms with van der Waals surface area (Å²) >= 11 is 0. The number of carbonyl (C=O) groups excluding carboxylic acids is 3. The summed E-state index contributed by atoms with van der Waals surface area (Å²) < 4.78 is 10.0. The Morgan fingerprint density at radius 3 is 2.52 bits per heavy atom. The van der Waals surface area contributed by atoms with Gasteiger partial charge in [-0.15, -0.1) is 15.0 Å². The third-order valence-electron chi connectivity index (χ3n) is 3.72. The van der Waals surface area contributed by atoms with Gasteiger partial charge in [0, 0.05) is 0 Å². The van der Waals surface area contributed by atoms with Crippen LogP contribution in [0.1, 0.15) is 20.8 Å². The van der Waals surface area contributed by atoms with Crippen molar-refractivity contribution >= 4 is 23.6 Å². The molecule has 1 heterocycles. The summed E-state index contributed by atoms with van der Waals surface area (Å²) in [7, 11) is 1.27. The molecule has 3 N–H and O–H groups in total. The quantitative estimate of drug-likeness (QED) is 0.573. The van der Waals surface area contributed by atoms with Crippen molar-refractivity contribution in [2.75, 3.05) is 19.0 Å². The maximum Gasteiger partial charge on any atom is 0.337 e. The van der Waals surface area contributed by atoms with Gasteiger partial charge in [0.1, 0.15) is 5.75 Å². The highest BCUT2D eigenvalue weighted by atomic mass is 16.5. The number of nitrogens with two attached hydrogens (primary N) is 1. The van der Waals surface area contributed by atoms with Crippen molar-refractivity contribution in [3.8, 4) is 11.4 Å². The fourth-order valence-corrected chi connectivity index (χ4v) is 2.38. The molecule has 2 aromatic carbocycles. The molecular formula is C19H17N5O5. The predicted octanol–water partition coefficient (Wildman–Crippen LogP) is 1.17. The minimum Gasteiger partial charge on any atom is -0.484 e. The first-order valence-electron chi connectivity index (χ1n) is 8.41. The summed E-state index contributed by atoms with van der Waals surface area (Å²) in [5, 5.41) is 10.6. The Hall–Kier alpha value is -4.21. The van der Waals surface area contributed by atoms with E-state index in [1.807, 2.05) is 6.07 Å². The van der Waals surface area contributed by atoms with Crippen molar-refractivity contribution in [1.82, 2.24) is 15.0 Å². The monoisotopic (exact) mass is 395 g/mol. The van der Waals surface area contributed by atoms with E-state index >= 15 is 0 Å². The molecule has 148 valence electrons. The molecule has 3 aromatic rings. The lowest BCUT2D eigenvalue weighted by molar-refractivity contribution is -0.118. The number of hydrogen-bond donors (Lipinski definition) is 2. The lowest BCUT2D eigenvalue weighted by Crippen LogP contribution is -2.23. The van der Waals surface area contributed by atoms with Gasteiger partial charge in [0.2, 0.25) is 0 Å². The number of carbonyl (C=O) groups is 3. The van der Waals surface area contributed by atoms with Crippen LogP contribution in [0.3, 0.4) is 0 Å². The molecule has 29 heavy (non-hydrogen) atoms. The zero-order valence-electron chi connectivity index (χ0n) is 15.4. The van der Waals surface area contributed by atoms with Crippen LogP contribution < -0.4 is 15.8 Å². The number of amides is 2. The number of esters is 1.